The molecule has 3 rings (SSSR count). The van der Waals surface area contributed by atoms with Crippen LogP contribution in [0.3, 0.4) is 0 Å². The smallest absolute Gasteiger partial charge is 0.219 e. The Morgan fingerprint density at radius 3 is 2.60 bits per heavy atom. The molecule has 1 aromatic heterocycles. The Labute approximate surface area is 123 Å². The van der Waals surface area contributed by atoms with E-state index in [1.807, 2.05) is 23.1 Å². The molecule has 1 fully saturated rings. The molecule has 20 heavy (non-hydrogen) atoms. The fourth-order valence-corrected chi connectivity index (χ4v) is 3.66. The van der Waals surface area contributed by atoms with Crippen LogP contribution in [0.2, 0.25) is 0 Å². The number of hydrogen-bond acceptors (Lipinski definition) is 3. The van der Waals surface area contributed by atoms with E-state index in [4.69, 9.17) is 4.98 Å². The second-order valence-electron chi connectivity index (χ2n) is 5.22. The third kappa shape index (κ3) is 2.75. The van der Waals surface area contributed by atoms with Crippen LogP contribution in [0.25, 0.3) is 11.3 Å². The lowest BCUT2D eigenvalue weighted by atomic mass is 9.97. The van der Waals surface area contributed by atoms with E-state index in [1.54, 1.807) is 18.3 Å². The lowest BCUT2D eigenvalue weighted by molar-refractivity contribution is -0.129. The van der Waals surface area contributed by atoms with Crippen LogP contribution in [-0.2, 0) is 4.79 Å². The number of nitrogens with zero attached hydrogens (tertiary/aromatic N) is 2. The zero-order valence-electron chi connectivity index (χ0n) is 11.6. The number of hydrogen-bond donors (Lipinski definition) is 0. The van der Waals surface area contributed by atoms with Gasteiger partial charge in [0, 0.05) is 36.9 Å². The number of piperidine rings is 1. The molecule has 3 nitrogen and oxygen atoms in total. The van der Waals surface area contributed by atoms with E-state index >= 15 is 0 Å². The van der Waals surface area contributed by atoms with Gasteiger partial charge in [-0.25, -0.2) is 4.98 Å². The summed E-state index contributed by atoms with van der Waals surface area (Å²) in [5.41, 5.74) is 2.25. The molecule has 0 radical (unpaired) electrons. The quantitative estimate of drug-likeness (QED) is 0.846. The molecule has 1 aliphatic heterocycles. The lowest BCUT2D eigenvalue weighted by Crippen LogP contribution is -2.36. The number of thiazole rings is 1. The normalized spacial score (nSPS) is 16.4. The third-order valence-electron chi connectivity index (χ3n) is 3.88. The van der Waals surface area contributed by atoms with E-state index < -0.39 is 0 Å². The molecule has 1 saturated heterocycles. The second kappa shape index (κ2) is 5.75. The molecule has 2 heterocycles. The van der Waals surface area contributed by atoms with Crippen molar-refractivity contribution in [1.29, 1.82) is 0 Å². The minimum atomic E-state index is 0.188. The van der Waals surface area contributed by atoms with Gasteiger partial charge in [-0.1, -0.05) is 30.3 Å². The topological polar surface area (TPSA) is 33.2 Å². The Bertz CT molecular complexity index is 586. The summed E-state index contributed by atoms with van der Waals surface area (Å²) in [7, 11) is 0. The van der Waals surface area contributed by atoms with Crippen molar-refractivity contribution in [2.45, 2.75) is 25.7 Å². The number of amides is 1. The fourth-order valence-electron chi connectivity index (χ4n) is 2.66. The van der Waals surface area contributed by atoms with Crippen molar-refractivity contribution in [1.82, 2.24) is 9.88 Å². The van der Waals surface area contributed by atoms with Gasteiger partial charge in [-0.15, -0.1) is 11.3 Å². The molecule has 0 spiro atoms. The summed E-state index contributed by atoms with van der Waals surface area (Å²) in [5.74, 6) is 0.695. The van der Waals surface area contributed by atoms with E-state index in [9.17, 15) is 4.79 Å². The van der Waals surface area contributed by atoms with Gasteiger partial charge in [0.2, 0.25) is 5.91 Å². The first-order valence-electron chi connectivity index (χ1n) is 7.00. The van der Waals surface area contributed by atoms with Gasteiger partial charge in [-0.2, -0.15) is 0 Å². The summed E-state index contributed by atoms with van der Waals surface area (Å²) >= 11 is 1.75. The van der Waals surface area contributed by atoms with Gasteiger partial charge in [0.15, 0.2) is 0 Å². The van der Waals surface area contributed by atoms with Crippen LogP contribution in [0.1, 0.15) is 30.7 Å². The van der Waals surface area contributed by atoms with Crippen molar-refractivity contribution in [3.05, 3.63) is 40.7 Å². The molecule has 1 aliphatic rings. The minimum absolute atomic E-state index is 0.188. The second-order valence-corrected chi connectivity index (χ2v) is 6.11. The van der Waals surface area contributed by atoms with Gasteiger partial charge in [0.05, 0.1) is 10.7 Å². The minimum Gasteiger partial charge on any atom is -0.343 e. The number of aromatic nitrogens is 1. The zero-order valence-corrected chi connectivity index (χ0v) is 12.4. The molecule has 0 unspecified atom stereocenters. The predicted molar refractivity (Wildman–Crippen MR) is 81.8 cm³/mol. The Morgan fingerprint density at radius 2 is 1.95 bits per heavy atom. The Morgan fingerprint density at radius 1 is 1.25 bits per heavy atom. The first-order valence-corrected chi connectivity index (χ1v) is 7.88. The summed E-state index contributed by atoms with van der Waals surface area (Å²) < 4.78 is 0. The molecule has 0 N–H and O–H groups in total. The van der Waals surface area contributed by atoms with Crippen LogP contribution in [-0.4, -0.2) is 28.9 Å². The fraction of sp³-hybridized carbons (Fsp3) is 0.375. The number of carbonyl (C=O) groups excluding carboxylic acids is 1. The average Bonchev–Trinajstić information content (AvgIpc) is 2.98. The SMILES string of the molecule is CC(=O)N1CCC(c2nc(-c3ccccc3)cs2)CC1. The Hall–Kier alpha value is -1.68. The van der Waals surface area contributed by atoms with Crippen LogP contribution < -0.4 is 0 Å². The highest BCUT2D eigenvalue weighted by Gasteiger charge is 2.24. The lowest BCUT2D eigenvalue weighted by Gasteiger charge is -2.30. The summed E-state index contributed by atoms with van der Waals surface area (Å²) in [5, 5.41) is 3.36. The Kier molecular flexibility index (Phi) is 3.83. The van der Waals surface area contributed by atoms with Gasteiger partial charge >= 0.3 is 0 Å². The maximum Gasteiger partial charge on any atom is 0.219 e. The molecule has 104 valence electrons. The highest BCUT2D eigenvalue weighted by atomic mass is 32.1. The van der Waals surface area contributed by atoms with Crippen LogP contribution in [0.5, 0.6) is 0 Å². The number of likely N-dealkylation sites (tertiary alicyclic amines) is 1. The van der Waals surface area contributed by atoms with Gasteiger partial charge in [-0.3, -0.25) is 4.79 Å². The molecule has 1 aromatic carbocycles. The Balaban J connectivity index is 1.71. The predicted octanol–water partition coefficient (Wildman–Crippen LogP) is 3.54. The summed E-state index contributed by atoms with van der Waals surface area (Å²) in [6.45, 7) is 3.37. The number of carbonyl (C=O) groups is 1. The van der Waals surface area contributed by atoms with Gasteiger partial charge < -0.3 is 4.90 Å². The number of benzene rings is 1. The first-order chi connectivity index (χ1) is 9.74. The van der Waals surface area contributed by atoms with Crippen LogP contribution in [0, 0.1) is 0 Å². The molecule has 4 heteroatoms. The van der Waals surface area contributed by atoms with Gasteiger partial charge in [0.25, 0.3) is 0 Å². The molecule has 0 atom stereocenters. The van der Waals surface area contributed by atoms with Crippen molar-refractivity contribution < 1.29 is 4.79 Å². The van der Waals surface area contributed by atoms with Gasteiger partial charge in [-0.05, 0) is 12.8 Å². The maximum atomic E-state index is 11.3. The molecule has 0 saturated carbocycles. The van der Waals surface area contributed by atoms with Crippen LogP contribution >= 0.6 is 11.3 Å². The van der Waals surface area contributed by atoms with E-state index in [2.05, 4.69) is 17.5 Å². The first kappa shape index (κ1) is 13.3. The standard InChI is InChI=1S/C16H18N2OS/c1-12(19)18-9-7-14(8-10-18)16-17-15(11-20-16)13-5-3-2-4-6-13/h2-6,11,14H,7-10H2,1H3. The highest BCUT2D eigenvalue weighted by Crippen LogP contribution is 2.32. The highest BCUT2D eigenvalue weighted by molar-refractivity contribution is 7.10. The van der Waals surface area contributed by atoms with Crippen molar-refractivity contribution in [2.24, 2.45) is 0 Å². The van der Waals surface area contributed by atoms with Crippen LogP contribution in [0.4, 0.5) is 0 Å². The van der Waals surface area contributed by atoms with E-state index in [0.29, 0.717) is 5.92 Å². The van der Waals surface area contributed by atoms with Crippen molar-refractivity contribution in [3.63, 3.8) is 0 Å². The molecular formula is C16H18N2OS. The molecule has 1 amide bonds. The zero-order chi connectivity index (χ0) is 13.9. The van der Waals surface area contributed by atoms with E-state index in [-0.39, 0.29) is 5.91 Å². The van der Waals surface area contributed by atoms with Crippen molar-refractivity contribution in [2.75, 3.05) is 13.1 Å². The molecule has 2 aromatic rings. The molecule has 0 aliphatic carbocycles. The summed E-state index contributed by atoms with van der Waals surface area (Å²) in [4.78, 5) is 18.1. The number of rotatable bonds is 2. The monoisotopic (exact) mass is 286 g/mol. The van der Waals surface area contributed by atoms with Crippen molar-refractivity contribution in [3.8, 4) is 11.3 Å². The maximum absolute atomic E-state index is 11.3. The van der Waals surface area contributed by atoms with Crippen LogP contribution in [0.15, 0.2) is 35.7 Å². The third-order valence-corrected chi connectivity index (χ3v) is 4.89. The molecule has 0 bridgehead atoms. The van der Waals surface area contributed by atoms with E-state index in [1.165, 1.54) is 10.6 Å². The average molecular weight is 286 g/mol. The van der Waals surface area contributed by atoms with Crippen molar-refractivity contribution >= 4 is 17.2 Å². The summed E-state index contributed by atoms with van der Waals surface area (Å²) in [6.07, 6.45) is 2.06. The molecular weight excluding hydrogens is 268 g/mol. The van der Waals surface area contributed by atoms with Gasteiger partial charge in [0.1, 0.15) is 0 Å². The summed E-state index contributed by atoms with van der Waals surface area (Å²) in [6, 6.07) is 10.3. The van der Waals surface area contributed by atoms with E-state index in [0.717, 1.165) is 31.6 Å². The largest absolute Gasteiger partial charge is 0.343 e.